The second kappa shape index (κ2) is 11.1. The highest BCUT2D eigenvalue weighted by atomic mass is 35.5. The number of sulfonamides is 1. The van der Waals surface area contributed by atoms with Crippen LogP contribution >= 0.6 is 23.2 Å². The fourth-order valence-corrected chi connectivity index (χ4v) is 5.79. The van der Waals surface area contributed by atoms with Crippen molar-refractivity contribution in [3.8, 4) is 5.75 Å². The molecule has 194 valence electrons. The average molecular weight is 565 g/mol. The van der Waals surface area contributed by atoms with E-state index < -0.39 is 27.6 Å². The summed E-state index contributed by atoms with van der Waals surface area (Å²) in [5.74, 6) is -0.423. The Labute approximate surface area is 223 Å². The first-order chi connectivity index (χ1) is 17.6. The Morgan fingerprint density at radius 1 is 1.03 bits per heavy atom. The first kappa shape index (κ1) is 26.9. The summed E-state index contributed by atoms with van der Waals surface area (Å²) in [6.45, 7) is 0.0585. The minimum Gasteiger partial charge on any atom is -0.480 e. The smallest absolute Gasteiger partial charge is 0.372 e. The van der Waals surface area contributed by atoms with E-state index in [1.54, 1.807) is 60.7 Å². The molecule has 9 nitrogen and oxygen atoms in total. The monoisotopic (exact) mass is 564 g/mol. The maximum Gasteiger partial charge on any atom is 0.372 e. The van der Waals surface area contributed by atoms with Gasteiger partial charge in [0.25, 0.3) is 0 Å². The van der Waals surface area contributed by atoms with Gasteiger partial charge in [-0.1, -0.05) is 47.5 Å². The minimum atomic E-state index is -3.90. The van der Waals surface area contributed by atoms with Crippen LogP contribution in [-0.4, -0.2) is 44.3 Å². The lowest BCUT2D eigenvalue weighted by atomic mass is 9.87. The van der Waals surface area contributed by atoms with Crippen molar-refractivity contribution in [3.63, 3.8) is 0 Å². The van der Waals surface area contributed by atoms with Crippen molar-refractivity contribution in [1.29, 1.82) is 0 Å². The van der Waals surface area contributed by atoms with Crippen molar-refractivity contribution < 1.29 is 32.5 Å². The number of hydrogen-bond acceptors (Lipinski definition) is 8. The predicted molar refractivity (Wildman–Crippen MR) is 135 cm³/mol. The zero-order chi connectivity index (χ0) is 26.6. The summed E-state index contributed by atoms with van der Waals surface area (Å²) < 4.78 is 34.5. The topological polar surface area (TPSA) is 125 Å². The zero-order valence-electron chi connectivity index (χ0n) is 19.3. The average Bonchev–Trinajstić information content (AvgIpc) is 2.86. The third kappa shape index (κ3) is 6.06. The van der Waals surface area contributed by atoms with Crippen LogP contribution in [0.4, 0.5) is 0 Å². The second-order valence-corrected chi connectivity index (χ2v) is 11.2. The first-order valence-electron chi connectivity index (χ1n) is 11.0. The molecule has 0 unspecified atom stereocenters. The summed E-state index contributed by atoms with van der Waals surface area (Å²) in [6.07, 6.45) is -0.0290. The van der Waals surface area contributed by atoms with Gasteiger partial charge in [0.15, 0.2) is 5.60 Å². The molecule has 0 bridgehead atoms. The van der Waals surface area contributed by atoms with Gasteiger partial charge in [-0.05, 0) is 66.1 Å². The van der Waals surface area contributed by atoms with Gasteiger partial charge in [0.05, 0.1) is 18.0 Å². The van der Waals surface area contributed by atoms with Crippen LogP contribution in [0.25, 0.3) is 0 Å². The van der Waals surface area contributed by atoms with E-state index in [0.29, 0.717) is 21.4 Å². The quantitative estimate of drug-likeness (QED) is 0.225. The lowest BCUT2D eigenvalue weighted by Crippen LogP contribution is -2.64. The Balaban J connectivity index is 1.54. The van der Waals surface area contributed by atoms with Crippen LogP contribution in [0.3, 0.4) is 0 Å². The van der Waals surface area contributed by atoms with Crippen molar-refractivity contribution >= 4 is 45.7 Å². The molecule has 12 heteroatoms. The molecule has 3 aromatic carbocycles. The molecule has 0 aromatic heterocycles. The van der Waals surface area contributed by atoms with E-state index in [1.807, 2.05) is 0 Å². The maximum absolute atomic E-state index is 13.4. The Bertz CT molecular complexity index is 1380. The summed E-state index contributed by atoms with van der Waals surface area (Å²) >= 11 is 12.0. The van der Waals surface area contributed by atoms with Crippen molar-refractivity contribution in [1.82, 2.24) is 4.31 Å². The number of nitrogens with zero attached hydrogens (tertiary/aromatic N) is 1. The standard InChI is InChI=1S/C25H22Cl2N2O7S/c26-19-6-4-18(5-7-19)25(35-21-10-8-20(27)9-11-21)14-29(15-25)37(32,33)22-3-1-2-17(12-22)13-23(28)24(31)36-34-16-30/h1-12,16,23H,13-15,28H2/t23-/m0/s1. The SMILES string of the molecule is N[C@@H](Cc1cccc(S(=O)(=O)N2CC(Oc3ccc(Cl)cc3)(c3ccc(Cl)cc3)C2)c1)C(=O)OOC=O. The molecule has 0 aliphatic carbocycles. The van der Waals surface area contributed by atoms with Crippen molar-refractivity contribution in [2.75, 3.05) is 13.1 Å². The number of nitrogens with two attached hydrogens (primary N) is 1. The summed E-state index contributed by atoms with van der Waals surface area (Å²) in [5, 5.41) is 1.10. The molecule has 0 radical (unpaired) electrons. The van der Waals surface area contributed by atoms with E-state index in [1.165, 1.54) is 16.4 Å². The van der Waals surface area contributed by atoms with E-state index in [4.69, 9.17) is 33.7 Å². The van der Waals surface area contributed by atoms with Gasteiger partial charge >= 0.3 is 12.4 Å². The fraction of sp³-hybridized carbons (Fsp3) is 0.200. The maximum atomic E-state index is 13.4. The molecule has 0 spiro atoms. The molecule has 3 aromatic rings. The summed E-state index contributed by atoms with van der Waals surface area (Å²) in [6, 6.07) is 18.8. The van der Waals surface area contributed by atoms with E-state index >= 15 is 0 Å². The van der Waals surface area contributed by atoms with E-state index in [0.717, 1.165) is 5.56 Å². The molecular weight excluding hydrogens is 543 g/mol. The Hall–Kier alpha value is -3.15. The van der Waals surface area contributed by atoms with Crippen LogP contribution in [0.15, 0.2) is 77.7 Å². The number of ether oxygens (including phenoxy) is 1. The van der Waals surface area contributed by atoms with Gasteiger partial charge in [0, 0.05) is 10.0 Å². The van der Waals surface area contributed by atoms with Gasteiger partial charge in [0.2, 0.25) is 10.0 Å². The van der Waals surface area contributed by atoms with Crippen molar-refractivity contribution in [3.05, 3.63) is 94.0 Å². The third-order valence-corrected chi connectivity index (χ3v) is 8.12. The third-order valence-electron chi connectivity index (χ3n) is 5.82. The Kier molecular flexibility index (Phi) is 8.05. The van der Waals surface area contributed by atoms with Gasteiger partial charge in [-0.15, -0.1) is 0 Å². The predicted octanol–water partition coefficient (Wildman–Crippen LogP) is 3.47. The molecule has 0 amide bonds. The number of hydrogen-bond donors (Lipinski definition) is 1. The van der Waals surface area contributed by atoms with Crippen LogP contribution in [0.2, 0.25) is 10.0 Å². The molecule has 1 atom stereocenters. The Morgan fingerprint density at radius 3 is 2.27 bits per heavy atom. The number of carbonyl (C=O) groups is 2. The highest BCUT2D eigenvalue weighted by Gasteiger charge is 2.52. The van der Waals surface area contributed by atoms with Crippen LogP contribution in [0, 0.1) is 0 Å². The molecule has 1 aliphatic heterocycles. The van der Waals surface area contributed by atoms with Crippen LogP contribution in [0.5, 0.6) is 5.75 Å². The molecular formula is C25H22Cl2N2O7S. The number of benzene rings is 3. The van der Waals surface area contributed by atoms with Crippen LogP contribution in [0.1, 0.15) is 11.1 Å². The molecule has 0 saturated carbocycles. The van der Waals surface area contributed by atoms with Crippen LogP contribution in [-0.2, 0) is 41.4 Å². The lowest BCUT2D eigenvalue weighted by Gasteiger charge is -2.49. The van der Waals surface area contributed by atoms with Gasteiger partial charge in [-0.3, -0.25) is 9.68 Å². The second-order valence-electron chi connectivity index (χ2n) is 8.38. The molecule has 4 rings (SSSR count). The molecule has 1 fully saturated rings. The van der Waals surface area contributed by atoms with Crippen molar-refractivity contribution in [2.45, 2.75) is 23.0 Å². The van der Waals surface area contributed by atoms with Gasteiger partial charge in [0.1, 0.15) is 11.8 Å². The largest absolute Gasteiger partial charge is 0.480 e. The fourth-order valence-electron chi connectivity index (χ4n) is 3.93. The van der Waals surface area contributed by atoms with Crippen molar-refractivity contribution in [2.24, 2.45) is 5.73 Å². The van der Waals surface area contributed by atoms with Gasteiger partial charge in [-0.25, -0.2) is 18.1 Å². The molecule has 1 saturated heterocycles. The zero-order valence-corrected chi connectivity index (χ0v) is 21.6. The number of halogens is 2. The lowest BCUT2D eigenvalue weighted by molar-refractivity contribution is -0.249. The summed E-state index contributed by atoms with van der Waals surface area (Å²) in [5.41, 5.74) is 6.10. The first-order valence-corrected chi connectivity index (χ1v) is 13.2. The minimum absolute atomic E-state index is 0.0290. The number of rotatable bonds is 10. The number of carbonyl (C=O) groups excluding carboxylic acids is 2. The van der Waals surface area contributed by atoms with Crippen LogP contribution < -0.4 is 10.5 Å². The highest BCUT2D eigenvalue weighted by Crippen LogP contribution is 2.40. The molecule has 2 N–H and O–H groups in total. The highest BCUT2D eigenvalue weighted by molar-refractivity contribution is 7.89. The van der Waals surface area contributed by atoms with Gasteiger partial charge < -0.3 is 10.5 Å². The molecule has 37 heavy (non-hydrogen) atoms. The van der Waals surface area contributed by atoms with Gasteiger partial charge in [-0.2, -0.15) is 4.31 Å². The summed E-state index contributed by atoms with van der Waals surface area (Å²) in [7, 11) is -3.90. The Morgan fingerprint density at radius 2 is 1.65 bits per heavy atom. The molecule has 1 heterocycles. The van der Waals surface area contributed by atoms with E-state index in [-0.39, 0.29) is 30.9 Å². The summed E-state index contributed by atoms with van der Waals surface area (Å²) in [4.78, 5) is 30.2. The normalized spacial score (nSPS) is 15.8. The van der Waals surface area contributed by atoms with E-state index in [9.17, 15) is 18.0 Å². The van der Waals surface area contributed by atoms with E-state index in [2.05, 4.69) is 9.78 Å². The molecule has 1 aliphatic rings.